The normalized spacial score (nSPS) is 45.2. The first-order valence-corrected chi connectivity index (χ1v) is 9.59. The third-order valence-electron chi connectivity index (χ3n) is 7.79. The standard InChI is InChI=1S/C22H28O3/c1-13-10-18-16-5-4-14-11-15(24)6-8-21(14,2)17(16)7-9-22(18,3)20(13)19(25)12-23/h6-8,11,13,16,18,20,23H,4-5,9-10,12H2,1-3H3/t13?,16-,18+,20?,21+,22+/m1/s1. The average molecular weight is 340 g/mol. The molecule has 0 heterocycles. The summed E-state index contributed by atoms with van der Waals surface area (Å²) in [4.78, 5) is 24.2. The third-order valence-corrected chi connectivity index (χ3v) is 7.79. The highest BCUT2D eigenvalue weighted by Crippen LogP contribution is 2.65. The van der Waals surface area contributed by atoms with Crippen molar-refractivity contribution < 1.29 is 14.7 Å². The maximum absolute atomic E-state index is 12.4. The van der Waals surface area contributed by atoms with Crippen LogP contribution in [0.25, 0.3) is 0 Å². The van der Waals surface area contributed by atoms with E-state index in [1.807, 2.05) is 6.08 Å². The molecule has 0 bridgehead atoms. The van der Waals surface area contributed by atoms with Crippen LogP contribution < -0.4 is 0 Å². The SMILES string of the molecule is CC1C[C@H]2[C@@H]3CCC4=CC(=O)C=C[C@]4(C)C3=CC[C@]2(C)C1C(=O)CO. The van der Waals surface area contributed by atoms with Gasteiger partial charge >= 0.3 is 0 Å². The lowest BCUT2D eigenvalue weighted by Crippen LogP contribution is -2.45. The second kappa shape index (κ2) is 5.51. The van der Waals surface area contributed by atoms with Crippen molar-refractivity contribution in [1.29, 1.82) is 0 Å². The van der Waals surface area contributed by atoms with Crippen molar-refractivity contribution in [3.05, 3.63) is 35.5 Å². The monoisotopic (exact) mass is 340 g/mol. The van der Waals surface area contributed by atoms with Crippen LogP contribution in [0.3, 0.4) is 0 Å². The summed E-state index contributed by atoms with van der Waals surface area (Å²) in [5.41, 5.74) is 2.54. The van der Waals surface area contributed by atoms with Crippen molar-refractivity contribution in [2.45, 2.75) is 46.5 Å². The predicted molar refractivity (Wildman–Crippen MR) is 96.7 cm³/mol. The second-order valence-corrected chi connectivity index (χ2v) is 9.04. The molecular formula is C22H28O3. The van der Waals surface area contributed by atoms with Gasteiger partial charge in [-0.3, -0.25) is 9.59 Å². The van der Waals surface area contributed by atoms with Crippen LogP contribution in [0, 0.1) is 34.5 Å². The van der Waals surface area contributed by atoms with Gasteiger partial charge in [-0.2, -0.15) is 0 Å². The lowest BCUT2D eigenvalue weighted by atomic mass is 9.52. The van der Waals surface area contributed by atoms with Crippen LogP contribution in [0.1, 0.15) is 46.5 Å². The molecule has 0 aliphatic heterocycles. The number of carbonyl (C=O) groups is 2. The van der Waals surface area contributed by atoms with Crippen LogP contribution in [0.5, 0.6) is 0 Å². The molecule has 3 heteroatoms. The predicted octanol–water partition coefficient (Wildman–Crippen LogP) is 3.64. The van der Waals surface area contributed by atoms with Gasteiger partial charge in [-0.25, -0.2) is 0 Å². The fourth-order valence-electron chi connectivity index (χ4n) is 6.67. The van der Waals surface area contributed by atoms with E-state index in [0.29, 0.717) is 17.8 Å². The minimum absolute atomic E-state index is 0.0140. The Kier molecular flexibility index (Phi) is 3.74. The van der Waals surface area contributed by atoms with E-state index in [4.69, 9.17) is 0 Å². The summed E-state index contributed by atoms with van der Waals surface area (Å²) in [6, 6.07) is 0. The summed E-state index contributed by atoms with van der Waals surface area (Å²) in [5, 5.41) is 9.46. The van der Waals surface area contributed by atoms with E-state index in [0.717, 1.165) is 25.7 Å². The van der Waals surface area contributed by atoms with Gasteiger partial charge in [0.1, 0.15) is 6.61 Å². The zero-order valence-electron chi connectivity index (χ0n) is 15.4. The van der Waals surface area contributed by atoms with Gasteiger partial charge in [-0.15, -0.1) is 0 Å². The number of hydrogen-bond acceptors (Lipinski definition) is 3. The van der Waals surface area contributed by atoms with E-state index in [-0.39, 0.29) is 34.9 Å². The molecule has 0 spiro atoms. The average Bonchev–Trinajstić information content (AvgIpc) is 2.85. The van der Waals surface area contributed by atoms with Crippen molar-refractivity contribution in [2.75, 3.05) is 6.61 Å². The van der Waals surface area contributed by atoms with Gasteiger partial charge in [0.05, 0.1) is 0 Å². The summed E-state index contributed by atoms with van der Waals surface area (Å²) in [7, 11) is 0. The number of fused-ring (bicyclic) bond motifs is 5. The van der Waals surface area contributed by atoms with Crippen LogP contribution in [0.15, 0.2) is 35.5 Å². The summed E-state index contributed by atoms with van der Waals surface area (Å²) < 4.78 is 0. The van der Waals surface area contributed by atoms with Gasteiger partial charge in [-0.1, -0.05) is 37.1 Å². The Bertz CT molecular complexity index is 728. The highest BCUT2D eigenvalue weighted by atomic mass is 16.3. The topological polar surface area (TPSA) is 54.4 Å². The van der Waals surface area contributed by atoms with E-state index in [1.54, 1.807) is 6.08 Å². The van der Waals surface area contributed by atoms with E-state index < -0.39 is 0 Å². The summed E-state index contributed by atoms with van der Waals surface area (Å²) >= 11 is 0. The Morgan fingerprint density at radius 2 is 2.12 bits per heavy atom. The number of allylic oxidation sites excluding steroid dienone is 6. The Morgan fingerprint density at radius 1 is 1.36 bits per heavy atom. The molecule has 4 aliphatic carbocycles. The maximum atomic E-state index is 12.4. The smallest absolute Gasteiger partial charge is 0.178 e. The van der Waals surface area contributed by atoms with Crippen molar-refractivity contribution >= 4 is 11.6 Å². The van der Waals surface area contributed by atoms with Gasteiger partial charge in [0.2, 0.25) is 0 Å². The number of ketones is 2. The van der Waals surface area contributed by atoms with Crippen molar-refractivity contribution in [3.8, 4) is 0 Å². The Hall–Kier alpha value is -1.48. The minimum Gasteiger partial charge on any atom is -0.389 e. The first-order chi connectivity index (χ1) is 11.8. The molecule has 134 valence electrons. The fraction of sp³-hybridized carbons (Fsp3) is 0.636. The molecule has 0 aromatic heterocycles. The Balaban J connectivity index is 1.75. The summed E-state index contributed by atoms with van der Waals surface area (Å²) in [6.07, 6.45) is 12.0. The zero-order valence-corrected chi connectivity index (χ0v) is 15.4. The zero-order chi connectivity index (χ0) is 18.0. The summed E-state index contributed by atoms with van der Waals surface area (Å²) in [6.45, 7) is 6.35. The van der Waals surface area contributed by atoms with Crippen LogP contribution >= 0.6 is 0 Å². The molecule has 3 nitrogen and oxygen atoms in total. The number of carbonyl (C=O) groups excluding carboxylic acids is 2. The lowest BCUT2D eigenvalue weighted by Gasteiger charge is -2.52. The van der Waals surface area contributed by atoms with Crippen LogP contribution in [-0.4, -0.2) is 23.3 Å². The maximum Gasteiger partial charge on any atom is 0.178 e. The van der Waals surface area contributed by atoms with Crippen molar-refractivity contribution in [3.63, 3.8) is 0 Å². The van der Waals surface area contributed by atoms with E-state index in [1.165, 1.54) is 11.1 Å². The number of aliphatic hydroxyl groups is 1. The Labute approximate surface area is 149 Å². The molecule has 4 rings (SSSR count). The molecule has 4 aliphatic rings. The molecule has 6 atom stereocenters. The number of aliphatic hydroxyl groups excluding tert-OH is 1. The Morgan fingerprint density at radius 3 is 2.84 bits per heavy atom. The first kappa shape index (κ1) is 17.0. The largest absolute Gasteiger partial charge is 0.389 e. The first-order valence-electron chi connectivity index (χ1n) is 9.59. The molecule has 0 radical (unpaired) electrons. The highest BCUT2D eigenvalue weighted by Gasteiger charge is 2.59. The van der Waals surface area contributed by atoms with Crippen molar-refractivity contribution in [1.82, 2.24) is 0 Å². The van der Waals surface area contributed by atoms with Gasteiger partial charge in [0.25, 0.3) is 0 Å². The quantitative estimate of drug-likeness (QED) is 0.781. The number of hydrogen-bond donors (Lipinski definition) is 1. The van der Waals surface area contributed by atoms with Gasteiger partial charge in [-0.05, 0) is 67.9 Å². The molecule has 0 aromatic carbocycles. The van der Waals surface area contributed by atoms with Crippen LogP contribution in [-0.2, 0) is 9.59 Å². The molecule has 0 saturated heterocycles. The molecule has 1 N–H and O–H groups in total. The van der Waals surface area contributed by atoms with Gasteiger partial charge in [0, 0.05) is 11.3 Å². The van der Waals surface area contributed by atoms with Crippen LogP contribution in [0.4, 0.5) is 0 Å². The fourth-order valence-corrected chi connectivity index (χ4v) is 6.67. The molecule has 0 aromatic rings. The molecule has 2 fully saturated rings. The van der Waals surface area contributed by atoms with Crippen LogP contribution in [0.2, 0.25) is 0 Å². The van der Waals surface area contributed by atoms with Crippen molar-refractivity contribution in [2.24, 2.45) is 34.5 Å². The third kappa shape index (κ3) is 2.21. The molecule has 25 heavy (non-hydrogen) atoms. The second-order valence-electron chi connectivity index (χ2n) is 9.04. The summed E-state index contributed by atoms with van der Waals surface area (Å²) in [5.74, 6) is 1.39. The van der Waals surface area contributed by atoms with Gasteiger partial charge in [0.15, 0.2) is 11.6 Å². The highest BCUT2D eigenvalue weighted by molar-refractivity contribution is 6.01. The molecular weight excluding hydrogens is 312 g/mol. The lowest BCUT2D eigenvalue weighted by molar-refractivity contribution is -0.131. The molecule has 0 amide bonds. The van der Waals surface area contributed by atoms with Gasteiger partial charge < -0.3 is 5.11 Å². The minimum atomic E-state index is -0.339. The number of Topliss-reactive ketones (excluding diaryl/α,β-unsaturated/α-hetero) is 1. The number of rotatable bonds is 2. The molecule has 2 unspecified atom stereocenters. The van der Waals surface area contributed by atoms with E-state index in [2.05, 4.69) is 32.9 Å². The van der Waals surface area contributed by atoms with E-state index in [9.17, 15) is 14.7 Å². The molecule has 2 saturated carbocycles. The van der Waals surface area contributed by atoms with E-state index >= 15 is 0 Å².